The van der Waals surface area contributed by atoms with Gasteiger partial charge in [0.1, 0.15) is 11.4 Å². The molecule has 1 saturated carbocycles. The summed E-state index contributed by atoms with van der Waals surface area (Å²) in [7, 11) is 0. The zero-order valence-corrected chi connectivity index (χ0v) is 17.5. The summed E-state index contributed by atoms with van der Waals surface area (Å²) < 4.78 is 53.0. The van der Waals surface area contributed by atoms with Crippen molar-refractivity contribution < 1.29 is 22.6 Å². The first-order valence-electron chi connectivity index (χ1n) is 10.6. The molecule has 0 unspecified atom stereocenters. The number of ether oxygens (including phenoxy) is 2. The summed E-state index contributed by atoms with van der Waals surface area (Å²) in [5.41, 5.74) is -1.03. The van der Waals surface area contributed by atoms with Gasteiger partial charge in [-0.2, -0.15) is 18.2 Å². The number of alkyl halides is 3. The van der Waals surface area contributed by atoms with E-state index in [9.17, 15) is 13.2 Å². The van der Waals surface area contributed by atoms with Gasteiger partial charge in [-0.05, 0) is 38.3 Å². The van der Waals surface area contributed by atoms with E-state index in [4.69, 9.17) is 9.47 Å². The highest BCUT2D eigenvalue weighted by molar-refractivity contribution is 5.39. The summed E-state index contributed by atoms with van der Waals surface area (Å²) in [6.45, 7) is 2.13. The van der Waals surface area contributed by atoms with E-state index in [0.29, 0.717) is 0 Å². The Morgan fingerprint density at radius 1 is 1.22 bits per heavy atom. The minimum Gasteiger partial charge on any atom is -0.466 e. The van der Waals surface area contributed by atoms with Gasteiger partial charge in [0.15, 0.2) is 11.2 Å². The van der Waals surface area contributed by atoms with E-state index < -0.39 is 23.2 Å². The van der Waals surface area contributed by atoms with Crippen LogP contribution in [0.5, 0.6) is 5.88 Å². The van der Waals surface area contributed by atoms with Gasteiger partial charge in [0.2, 0.25) is 11.8 Å². The molecule has 0 aromatic carbocycles. The molecule has 3 aromatic rings. The lowest BCUT2D eigenvalue weighted by molar-refractivity contribution is -0.162. The summed E-state index contributed by atoms with van der Waals surface area (Å²) in [5, 5.41) is 11.8. The molecule has 170 valence electrons. The van der Waals surface area contributed by atoms with Crippen LogP contribution >= 0.6 is 0 Å². The van der Waals surface area contributed by atoms with Gasteiger partial charge in [0, 0.05) is 24.4 Å². The van der Waals surface area contributed by atoms with Gasteiger partial charge >= 0.3 is 6.18 Å². The van der Waals surface area contributed by atoms with Crippen molar-refractivity contribution in [3.63, 3.8) is 0 Å². The quantitative estimate of drug-likeness (QED) is 0.635. The van der Waals surface area contributed by atoms with Crippen LogP contribution in [0.1, 0.15) is 49.9 Å². The molecule has 0 amide bonds. The van der Waals surface area contributed by atoms with E-state index in [1.54, 1.807) is 6.92 Å². The van der Waals surface area contributed by atoms with Gasteiger partial charge in [-0.1, -0.05) is 12.5 Å². The lowest BCUT2D eigenvalue weighted by Gasteiger charge is -2.38. The number of anilines is 1. The van der Waals surface area contributed by atoms with E-state index in [0.717, 1.165) is 43.4 Å². The van der Waals surface area contributed by atoms with Crippen LogP contribution in [0.4, 0.5) is 19.1 Å². The summed E-state index contributed by atoms with van der Waals surface area (Å²) in [4.78, 5) is 8.01. The molecule has 1 saturated heterocycles. The lowest BCUT2D eigenvalue weighted by atomic mass is 9.85. The molecule has 0 radical (unpaired) electrons. The number of halogens is 3. The van der Waals surface area contributed by atoms with E-state index in [2.05, 4.69) is 25.5 Å². The second-order valence-corrected chi connectivity index (χ2v) is 8.65. The molecule has 2 fully saturated rings. The molecule has 1 aliphatic carbocycles. The lowest BCUT2D eigenvalue weighted by Crippen LogP contribution is -2.52. The van der Waals surface area contributed by atoms with Gasteiger partial charge in [0.05, 0.1) is 13.2 Å². The van der Waals surface area contributed by atoms with Gasteiger partial charge in [-0.15, -0.1) is 10.2 Å². The zero-order chi connectivity index (χ0) is 22.3. The number of fused-ring (bicyclic) bond motifs is 1. The third-order valence-corrected chi connectivity index (χ3v) is 5.93. The molecular formula is C21H23F3N6O2. The molecule has 32 heavy (non-hydrogen) atoms. The Balaban J connectivity index is 1.35. The Hall–Kier alpha value is -2.95. The average molecular weight is 448 g/mol. The number of hydrogen-bond acceptors (Lipinski definition) is 7. The number of rotatable bonds is 5. The topological polar surface area (TPSA) is 86.5 Å². The minimum absolute atomic E-state index is 0.00276. The van der Waals surface area contributed by atoms with Crippen molar-refractivity contribution in [2.75, 3.05) is 18.5 Å². The first kappa shape index (κ1) is 20.9. The van der Waals surface area contributed by atoms with Crippen LogP contribution in [0.2, 0.25) is 0 Å². The molecule has 1 aliphatic heterocycles. The standard InChI is InChI=1S/C21H23F3N6O2/c1-20(11-31-12-20)32-18-15(21(22,23)24)10-25-19(27-18)26-14-6-4-5-13(9-14)17-29-28-16-7-2-3-8-30(16)17/h2-3,7-8,10,13-14H,4-6,9,11-12H2,1H3,(H,25,26,27)/t13-,14+/m0/s1. The van der Waals surface area contributed by atoms with E-state index in [1.807, 2.05) is 28.8 Å². The molecular weight excluding hydrogens is 425 g/mol. The van der Waals surface area contributed by atoms with Crippen LogP contribution in [-0.2, 0) is 10.9 Å². The predicted octanol–water partition coefficient (Wildman–Crippen LogP) is 3.84. The van der Waals surface area contributed by atoms with Crippen molar-refractivity contribution >= 4 is 11.6 Å². The Labute approximate surface area is 182 Å². The average Bonchev–Trinajstić information content (AvgIpc) is 3.16. The van der Waals surface area contributed by atoms with Crippen LogP contribution < -0.4 is 10.1 Å². The Morgan fingerprint density at radius 3 is 2.81 bits per heavy atom. The number of nitrogens with one attached hydrogen (secondary N) is 1. The summed E-state index contributed by atoms with van der Waals surface area (Å²) in [6, 6.07) is 5.75. The first-order chi connectivity index (χ1) is 15.3. The van der Waals surface area contributed by atoms with Crippen molar-refractivity contribution in [1.82, 2.24) is 24.6 Å². The molecule has 2 aliphatic rings. The molecule has 5 rings (SSSR count). The van der Waals surface area contributed by atoms with Crippen molar-refractivity contribution in [3.8, 4) is 5.88 Å². The number of aromatic nitrogens is 5. The van der Waals surface area contributed by atoms with Gasteiger partial charge in [-0.25, -0.2) is 4.98 Å². The van der Waals surface area contributed by atoms with Crippen LogP contribution in [0.25, 0.3) is 5.65 Å². The van der Waals surface area contributed by atoms with E-state index in [-0.39, 0.29) is 31.1 Å². The van der Waals surface area contributed by atoms with Crippen molar-refractivity contribution in [1.29, 1.82) is 0 Å². The Morgan fingerprint density at radius 2 is 2.06 bits per heavy atom. The molecule has 8 nitrogen and oxygen atoms in total. The van der Waals surface area contributed by atoms with E-state index >= 15 is 0 Å². The highest BCUT2D eigenvalue weighted by atomic mass is 19.4. The molecule has 0 bridgehead atoms. The maximum absolute atomic E-state index is 13.4. The highest BCUT2D eigenvalue weighted by Crippen LogP contribution is 2.38. The fourth-order valence-electron chi connectivity index (χ4n) is 4.27. The zero-order valence-electron chi connectivity index (χ0n) is 17.5. The normalized spacial score (nSPS) is 23.0. The maximum Gasteiger partial charge on any atom is 0.423 e. The number of nitrogens with zero attached hydrogens (tertiary/aromatic N) is 5. The molecule has 1 N–H and O–H groups in total. The van der Waals surface area contributed by atoms with Crippen LogP contribution in [0.15, 0.2) is 30.6 Å². The molecule has 3 aromatic heterocycles. The third kappa shape index (κ3) is 4.08. The minimum atomic E-state index is -4.61. The van der Waals surface area contributed by atoms with Crippen molar-refractivity contribution in [2.45, 2.75) is 56.3 Å². The largest absolute Gasteiger partial charge is 0.466 e. The van der Waals surface area contributed by atoms with Crippen LogP contribution in [0.3, 0.4) is 0 Å². The molecule has 2 atom stereocenters. The fourth-order valence-corrected chi connectivity index (χ4v) is 4.27. The van der Waals surface area contributed by atoms with Crippen molar-refractivity contribution in [2.24, 2.45) is 0 Å². The van der Waals surface area contributed by atoms with Gasteiger partial charge in [-0.3, -0.25) is 4.40 Å². The first-order valence-corrected chi connectivity index (χ1v) is 10.6. The summed E-state index contributed by atoms with van der Waals surface area (Å²) in [6.07, 6.45) is 1.63. The van der Waals surface area contributed by atoms with E-state index in [1.165, 1.54) is 0 Å². The SMILES string of the molecule is CC1(Oc2nc(N[C@@H]3CCC[C@H](c4nnc5ccccn45)C3)ncc2C(F)(F)F)COC1. The Bertz CT molecular complexity index is 1110. The molecule has 0 spiro atoms. The monoisotopic (exact) mass is 448 g/mol. The smallest absolute Gasteiger partial charge is 0.423 e. The van der Waals surface area contributed by atoms with Crippen LogP contribution in [-0.4, -0.2) is 49.4 Å². The Kier molecular flexibility index (Phi) is 5.15. The van der Waals surface area contributed by atoms with Gasteiger partial charge < -0.3 is 14.8 Å². The number of hydrogen-bond donors (Lipinski definition) is 1. The molecule has 4 heterocycles. The maximum atomic E-state index is 13.4. The van der Waals surface area contributed by atoms with Crippen LogP contribution in [0, 0.1) is 0 Å². The highest BCUT2D eigenvalue weighted by Gasteiger charge is 2.42. The predicted molar refractivity (Wildman–Crippen MR) is 108 cm³/mol. The second kappa shape index (κ2) is 7.88. The third-order valence-electron chi connectivity index (χ3n) is 5.93. The summed E-state index contributed by atoms with van der Waals surface area (Å²) >= 11 is 0. The second-order valence-electron chi connectivity index (χ2n) is 8.65. The van der Waals surface area contributed by atoms with Crippen molar-refractivity contribution in [3.05, 3.63) is 42.0 Å². The van der Waals surface area contributed by atoms with Gasteiger partial charge in [0.25, 0.3) is 0 Å². The summed E-state index contributed by atoms with van der Waals surface area (Å²) in [5.74, 6) is 0.711. The fraction of sp³-hybridized carbons (Fsp3) is 0.524. The molecule has 11 heteroatoms. The number of pyridine rings is 1.